The first-order valence-corrected chi connectivity index (χ1v) is 15.0. The summed E-state index contributed by atoms with van der Waals surface area (Å²) in [5.74, 6) is -1.17. The number of ether oxygens (including phenoxy) is 1. The van der Waals surface area contributed by atoms with Gasteiger partial charge >= 0.3 is 11.9 Å². The Morgan fingerprint density at radius 1 is 0.600 bits per heavy atom. The van der Waals surface area contributed by atoms with E-state index in [-0.39, 0.29) is 5.92 Å². The van der Waals surface area contributed by atoms with Crippen molar-refractivity contribution in [2.45, 2.75) is 162 Å². The highest BCUT2D eigenvalue weighted by Gasteiger charge is 2.22. The fourth-order valence-electron chi connectivity index (χ4n) is 4.41. The third-order valence-corrected chi connectivity index (χ3v) is 6.73. The minimum atomic E-state index is -0.432. The molecule has 35 heavy (non-hydrogen) atoms. The van der Waals surface area contributed by atoms with Crippen molar-refractivity contribution in [2.24, 2.45) is 5.92 Å². The van der Waals surface area contributed by atoms with Gasteiger partial charge in [0.25, 0.3) is 0 Å². The highest BCUT2D eigenvalue weighted by atomic mass is 16.6. The summed E-state index contributed by atoms with van der Waals surface area (Å²) < 4.78 is 5.12. The van der Waals surface area contributed by atoms with Gasteiger partial charge in [0, 0.05) is 12.8 Å². The van der Waals surface area contributed by atoms with Gasteiger partial charge < -0.3 is 9.53 Å². The number of rotatable bonds is 26. The second-order valence-corrected chi connectivity index (χ2v) is 10.1. The van der Waals surface area contributed by atoms with E-state index in [0.29, 0.717) is 25.7 Å². The van der Waals surface area contributed by atoms with Crippen LogP contribution in [-0.4, -0.2) is 18.2 Å². The van der Waals surface area contributed by atoms with E-state index in [9.17, 15) is 14.4 Å². The number of aldehydes is 1. The summed E-state index contributed by atoms with van der Waals surface area (Å²) in [6, 6.07) is 0. The molecule has 0 aliphatic heterocycles. The second-order valence-electron chi connectivity index (χ2n) is 10.1. The van der Waals surface area contributed by atoms with E-state index < -0.39 is 11.9 Å². The molecular formula is C31H56O4. The molecule has 1 unspecified atom stereocenters. The summed E-state index contributed by atoms with van der Waals surface area (Å²) in [4.78, 5) is 35.3. The van der Waals surface area contributed by atoms with Gasteiger partial charge in [-0.3, -0.25) is 9.59 Å². The number of unbranched alkanes of at least 4 members (excludes halogenated alkanes) is 16. The average Bonchev–Trinajstić information content (AvgIpc) is 2.85. The molecule has 0 aromatic carbocycles. The number of carbonyl (C=O) groups excluding carboxylic acids is 3. The maximum Gasteiger partial charge on any atom is 0.316 e. The lowest BCUT2D eigenvalue weighted by Crippen LogP contribution is -2.21. The molecule has 0 fully saturated rings. The number of hydrogen-bond donors (Lipinski definition) is 0. The fourth-order valence-corrected chi connectivity index (χ4v) is 4.41. The van der Waals surface area contributed by atoms with Crippen LogP contribution in [0, 0.1) is 5.92 Å². The molecule has 204 valence electrons. The first-order valence-electron chi connectivity index (χ1n) is 15.0. The molecular weight excluding hydrogens is 436 g/mol. The lowest BCUT2D eigenvalue weighted by molar-refractivity contribution is -0.163. The smallest absolute Gasteiger partial charge is 0.316 e. The molecule has 4 heteroatoms. The van der Waals surface area contributed by atoms with Crippen molar-refractivity contribution < 1.29 is 19.1 Å². The quantitative estimate of drug-likeness (QED) is 0.0396. The second kappa shape index (κ2) is 27.1. The normalized spacial score (nSPS) is 12.2. The minimum Gasteiger partial charge on any atom is -0.393 e. The zero-order valence-corrected chi connectivity index (χ0v) is 23.2. The first kappa shape index (κ1) is 33.5. The van der Waals surface area contributed by atoms with Crippen molar-refractivity contribution in [2.75, 3.05) is 0 Å². The Morgan fingerprint density at radius 3 is 1.63 bits per heavy atom. The van der Waals surface area contributed by atoms with E-state index in [2.05, 4.69) is 26.0 Å². The zero-order valence-electron chi connectivity index (χ0n) is 23.2. The summed E-state index contributed by atoms with van der Waals surface area (Å²) in [5, 5.41) is 0. The summed E-state index contributed by atoms with van der Waals surface area (Å²) in [5.41, 5.74) is 0. The molecule has 1 atom stereocenters. The molecule has 0 bridgehead atoms. The van der Waals surface area contributed by atoms with Crippen molar-refractivity contribution in [3.8, 4) is 0 Å². The summed E-state index contributed by atoms with van der Waals surface area (Å²) >= 11 is 0. The van der Waals surface area contributed by atoms with Gasteiger partial charge in [0.1, 0.15) is 6.29 Å². The van der Waals surface area contributed by atoms with Crippen LogP contribution in [0.15, 0.2) is 12.2 Å². The lowest BCUT2D eigenvalue weighted by Gasteiger charge is -2.14. The van der Waals surface area contributed by atoms with Gasteiger partial charge in [-0.15, -0.1) is 0 Å². The van der Waals surface area contributed by atoms with E-state index in [1.165, 1.54) is 83.5 Å². The maximum absolute atomic E-state index is 12.4. The zero-order chi connectivity index (χ0) is 25.8. The van der Waals surface area contributed by atoms with Crippen LogP contribution in [0.5, 0.6) is 0 Å². The van der Waals surface area contributed by atoms with Crippen molar-refractivity contribution >= 4 is 18.2 Å². The predicted molar refractivity (Wildman–Crippen MR) is 147 cm³/mol. The molecule has 0 aromatic heterocycles. The molecule has 0 spiro atoms. The SMILES string of the molecule is CCCCCCCCC=CCCCCCCCC(=O)OC(=O)C(CCC=O)CCCCCCCC. The van der Waals surface area contributed by atoms with Crippen LogP contribution >= 0.6 is 0 Å². The fraction of sp³-hybridized carbons (Fsp3) is 0.839. The molecule has 0 aliphatic rings. The predicted octanol–water partition coefficient (Wildman–Crippen LogP) is 9.44. The maximum atomic E-state index is 12.4. The van der Waals surface area contributed by atoms with E-state index in [1.807, 2.05) is 0 Å². The number of carbonyl (C=O) groups is 3. The summed E-state index contributed by atoms with van der Waals surface area (Å²) in [6.45, 7) is 4.45. The summed E-state index contributed by atoms with van der Waals surface area (Å²) in [7, 11) is 0. The minimum absolute atomic E-state index is 0.307. The van der Waals surface area contributed by atoms with Crippen molar-refractivity contribution in [3.05, 3.63) is 12.2 Å². The van der Waals surface area contributed by atoms with Crippen LogP contribution in [0.3, 0.4) is 0 Å². The van der Waals surface area contributed by atoms with Crippen molar-refractivity contribution in [1.29, 1.82) is 0 Å². The van der Waals surface area contributed by atoms with E-state index >= 15 is 0 Å². The van der Waals surface area contributed by atoms with Gasteiger partial charge in [-0.25, -0.2) is 0 Å². The van der Waals surface area contributed by atoms with Crippen LogP contribution in [0.1, 0.15) is 162 Å². The van der Waals surface area contributed by atoms with E-state index in [0.717, 1.165) is 44.8 Å². The molecule has 0 saturated carbocycles. The molecule has 0 saturated heterocycles. The lowest BCUT2D eigenvalue weighted by atomic mass is 9.96. The highest BCUT2D eigenvalue weighted by Crippen LogP contribution is 2.19. The number of hydrogen-bond acceptors (Lipinski definition) is 4. The molecule has 0 N–H and O–H groups in total. The molecule has 0 rings (SSSR count). The largest absolute Gasteiger partial charge is 0.393 e. The van der Waals surface area contributed by atoms with Crippen molar-refractivity contribution in [1.82, 2.24) is 0 Å². The van der Waals surface area contributed by atoms with Crippen LogP contribution < -0.4 is 0 Å². The van der Waals surface area contributed by atoms with Crippen LogP contribution in [0.2, 0.25) is 0 Å². The molecule has 0 aliphatic carbocycles. The first-order chi connectivity index (χ1) is 17.2. The van der Waals surface area contributed by atoms with Gasteiger partial charge in [0.2, 0.25) is 0 Å². The highest BCUT2D eigenvalue weighted by molar-refractivity contribution is 5.86. The average molecular weight is 493 g/mol. The molecule has 0 amide bonds. The Balaban J connectivity index is 3.78. The van der Waals surface area contributed by atoms with Crippen LogP contribution in [-0.2, 0) is 19.1 Å². The Labute approximate surface area is 217 Å². The van der Waals surface area contributed by atoms with Gasteiger partial charge in [-0.2, -0.15) is 0 Å². The third-order valence-electron chi connectivity index (χ3n) is 6.73. The van der Waals surface area contributed by atoms with Gasteiger partial charge in [0.15, 0.2) is 0 Å². The third kappa shape index (κ3) is 24.0. The van der Waals surface area contributed by atoms with Crippen LogP contribution in [0.4, 0.5) is 0 Å². The molecule has 0 radical (unpaired) electrons. The molecule has 0 heterocycles. The standard InChI is InChI=1S/C31H56O4/c1-3-5-7-9-11-12-13-14-15-16-17-18-19-21-23-27-30(33)35-31(34)29(26-24-28-32)25-22-20-10-8-6-4-2/h14-15,28-29H,3-13,16-27H2,1-2H3. The van der Waals surface area contributed by atoms with Crippen LogP contribution in [0.25, 0.3) is 0 Å². The van der Waals surface area contributed by atoms with Gasteiger partial charge in [-0.05, 0) is 44.9 Å². The van der Waals surface area contributed by atoms with Crippen molar-refractivity contribution in [3.63, 3.8) is 0 Å². The Bertz CT molecular complexity index is 526. The molecule has 0 aromatic rings. The topological polar surface area (TPSA) is 60.4 Å². The van der Waals surface area contributed by atoms with Gasteiger partial charge in [-0.1, -0.05) is 116 Å². The molecule has 4 nitrogen and oxygen atoms in total. The number of esters is 2. The van der Waals surface area contributed by atoms with E-state index in [4.69, 9.17) is 4.74 Å². The monoisotopic (exact) mass is 492 g/mol. The van der Waals surface area contributed by atoms with Gasteiger partial charge in [0.05, 0.1) is 5.92 Å². The Morgan fingerprint density at radius 2 is 1.09 bits per heavy atom. The Hall–Kier alpha value is -1.45. The summed E-state index contributed by atoms with van der Waals surface area (Å²) in [6.07, 6.45) is 30.0. The van der Waals surface area contributed by atoms with E-state index in [1.54, 1.807) is 0 Å². The number of allylic oxidation sites excluding steroid dienone is 2. The Kier molecular flexibility index (Phi) is 26.0.